The third kappa shape index (κ3) is 6.32. The van der Waals surface area contributed by atoms with Gasteiger partial charge in [-0.25, -0.2) is 10.2 Å². The highest BCUT2D eigenvalue weighted by Crippen LogP contribution is 2.19. The predicted molar refractivity (Wildman–Crippen MR) is 101 cm³/mol. The van der Waals surface area contributed by atoms with E-state index in [1.54, 1.807) is 0 Å². The van der Waals surface area contributed by atoms with E-state index in [0.717, 1.165) is 23.3 Å². The second-order valence-corrected chi connectivity index (χ2v) is 5.23. The summed E-state index contributed by atoms with van der Waals surface area (Å²) in [4.78, 5) is 10.9. The van der Waals surface area contributed by atoms with Crippen LogP contribution >= 0.6 is 0 Å². The van der Waals surface area contributed by atoms with Crippen LogP contribution in [0, 0.1) is 0 Å². The van der Waals surface area contributed by atoms with E-state index in [9.17, 15) is 4.79 Å². The van der Waals surface area contributed by atoms with Crippen LogP contribution in [0.15, 0.2) is 66.3 Å². The molecule has 0 fully saturated rings. The summed E-state index contributed by atoms with van der Waals surface area (Å²) < 4.78 is 15.9. The second-order valence-electron chi connectivity index (χ2n) is 5.23. The van der Waals surface area contributed by atoms with E-state index in [-0.39, 0.29) is 0 Å². The minimum atomic E-state index is -0.623. The van der Waals surface area contributed by atoms with E-state index >= 15 is 0 Å². The molecule has 0 aliphatic carbocycles. The zero-order chi connectivity index (χ0) is 18.6. The van der Waals surface area contributed by atoms with Crippen LogP contribution in [0.4, 0.5) is 4.79 Å². The number of methoxy groups -OCH3 is 1. The maximum atomic E-state index is 10.9. The lowest BCUT2D eigenvalue weighted by Gasteiger charge is -2.11. The Labute approximate surface area is 153 Å². The number of nitrogens with zero attached hydrogens (tertiary/aromatic N) is 1. The number of hydrogen-bond acceptors (Lipinski definition) is 5. The summed E-state index contributed by atoms with van der Waals surface area (Å²) in [5.41, 5.74) is 4.11. The Morgan fingerprint density at radius 1 is 1.15 bits per heavy atom. The van der Waals surface area contributed by atoms with Crippen LogP contribution in [0.5, 0.6) is 11.5 Å². The first kappa shape index (κ1) is 19.1. The Balaban J connectivity index is 1.82. The van der Waals surface area contributed by atoms with Crippen molar-refractivity contribution in [1.82, 2.24) is 5.43 Å². The molecule has 0 saturated heterocycles. The lowest BCUT2D eigenvalue weighted by atomic mass is 10.1. The Morgan fingerprint density at radius 2 is 1.96 bits per heavy atom. The number of carbonyl (C=O) groups excluding carboxylic acids is 1. The van der Waals surface area contributed by atoms with E-state index in [1.807, 2.05) is 54.6 Å². The molecule has 0 unspecified atom stereocenters. The third-order valence-electron chi connectivity index (χ3n) is 3.36. The van der Waals surface area contributed by atoms with Gasteiger partial charge in [0.05, 0.1) is 13.3 Å². The molecule has 1 N–H and O–H groups in total. The molecule has 6 nitrogen and oxygen atoms in total. The average Bonchev–Trinajstić information content (AvgIpc) is 2.67. The molecule has 0 bridgehead atoms. The summed E-state index contributed by atoms with van der Waals surface area (Å²) in [5, 5.41) is 3.78. The molecule has 2 aromatic carbocycles. The van der Waals surface area contributed by atoms with Gasteiger partial charge in [0.1, 0.15) is 24.7 Å². The molecule has 1 amide bonds. The third-order valence-corrected chi connectivity index (χ3v) is 3.36. The number of benzene rings is 2. The number of allylic oxidation sites excluding steroid dienone is 1. The van der Waals surface area contributed by atoms with Gasteiger partial charge in [0.25, 0.3) is 0 Å². The Bertz CT molecular complexity index is 759. The Hall–Kier alpha value is -3.28. The minimum absolute atomic E-state index is 0.406. The van der Waals surface area contributed by atoms with Crippen LogP contribution in [0.3, 0.4) is 0 Å². The van der Waals surface area contributed by atoms with Crippen LogP contribution in [-0.2, 0) is 11.2 Å². The molecule has 0 aliphatic heterocycles. The predicted octanol–water partition coefficient (Wildman–Crippen LogP) is 3.56. The first-order chi connectivity index (χ1) is 12.7. The van der Waals surface area contributed by atoms with Crippen molar-refractivity contribution < 1.29 is 19.0 Å². The van der Waals surface area contributed by atoms with Crippen LogP contribution in [0.2, 0.25) is 0 Å². The fraction of sp³-hybridized carbons (Fsp3) is 0.200. The fourth-order valence-electron chi connectivity index (χ4n) is 2.17. The molecular formula is C20H22N2O4. The number of hydrazone groups is 1. The molecule has 136 valence electrons. The molecule has 0 spiro atoms. The maximum absolute atomic E-state index is 10.9. The zero-order valence-corrected chi connectivity index (χ0v) is 14.7. The largest absolute Gasteiger partial charge is 0.490 e. The first-order valence-electron chi connectivity index (χ1n) is 8.14. The second kappa shape index (κ2) is 10.6. The number of ether oxygens (including phenoxy) is 3. The van der Waals surface area contributed by atoms with Gasteiger partial charge in [-0.15, -0.1) is 6.58 Å². The molecule has 26 heavy (non-hydrogen) atoms. The van der Waals surface area contributed by atoms with E-state index in [2.05, 4.69) is 21.8 Å². The van der Waals surface area contributed by atoms with Crippen molar-refractivity contribution in [3.05, 3.63) is 72.3 Å². The van der Waals surface area contributed by atoms with Gasteiger partial charge in [0.15, 0.2) is 0 Å². The standard InChI is InChI=1S/C20H22N2O4/c1-3-7-17-9-4-5-11-19(17)26-13-12-25-18-10-6-8-16(14-18)15-21-22-20(23)24-2/h3-6,8-11,14-15H,1,7,12-13H2,2H3,(H,22,23)/b21-15-. The number of para-hydroxylation sites is 1. The first-order valence-corrected chi connectivity index (χ1v) is 8.14. The summed E-state index contributed by atoms with van der Waals surface area (Å²) in [6, 6.07) is 15.2. The molecule has 6 heteroatoms. The lowest BCUT2D eigenvalue weighted by molar-refractivity contribution is 0.171. The van der Waals surface area contributed by atoms with Gasteiger partial charge in [-0.2, -0.15) is 5.10 Å². The number of hydrogen-bond donors (Lipinski definition) is 1. The summed E-state index contributed by atoms with van der Waals surface area (Å²) >= 11 is 0. The molecule has 0 radical (unpaired) electrons. The van der Waals surface area contributed by atoms with Gasteiger partial charge in [-0.05, 0) is 35.7 Å². The van der Waals surface area contributed by atoms with Crippen LogP contribution in [0.25, 0.3) is 0 Å². The van der Waals surface area contributed by atoms with Crippen molar-refractivity contribution >= 4 is 12.3 Å². The molecule has 0 aromatic heterocycles. The van der Waals surface area contributed by atoms with Gasteiger partial charge in [0, 0.05) is 0 Å². The lowest BCUT2D eigenvalue weighted by Crippen LogP contribution is -2.16. The Morgan fingerprint density at radius 3 is 2.77 bits per heavy atom. The SMILES string of the molecule is C=CCc1ccccc1OCCOc1cccc(/C=N\NC(=O)OC)c1. The van der Waals surface area contributed by atoms with Gasteiger partial charge >= 0.3 is 6.09 Å². The number of nitrogens with one attached hydrogen (secondary N) is 1. The number of amides is 1. The highest BCUT2D eigenvalue weighted by atomic mass is 16.5. The van der Waals surface area contributed by atoms with Gasteiger partial charge in [-0.3, -0.25) is 0 Å². The van der Waals surface area contributed by atoms with Crippen molar-refractivity contribution in [2.45, 2.75) is 6.42 Å². The average molecular weight is 354 g/mol. The minimum Gasteiger partial charge on any atom is -0.490 e. The molecule has 0 atom stereocenters. The van der Waals surface area contributed by atoms with E-state index < -0.39 is 6.09 Å². The van der Waals surface area contributed by atoms with Crippen LogP contribution < -0.4 is 14.9 Å². The molecule has 0 heterocycles. The molecule has 2 rings (SSSR count). The van der Waals surface area contributed by atoms with Crippen molar-refractivity contribution in [1.29, 1.82) is 0 Å². The van der Waals surface area contributed by atoms with Gasteiger partial charge in [-0.1, -0.05) is 36.4 Å². The summed E-state index contributed by atoms with van der Waals surface area (Å²) in [5.74, 6) is 1.53. The highest BCUT2D eigenvalue weighted by Gasteiger charge is 2.02. The van der Waals surface area contributed by atoms with Crippen molar-refractivity contribution in [3.8, 4) is 11.5 Å². The molecule has 0 aliphatic rings. The monoisotopic (exact) mass is 354 g/mol. The van der Waals surface area contributed by atoms with E-state index in [1.165, 1.54) is 13.3 Å². The topological polar surface area (TPSA) is 69.2 Å². The molecular weight excluding hydrogens is 332 g/mol. The zero-order valence-electron chi connectivity index (χ0n) is 14.7. The normalized spacial score (nSPS) is 10.3. The summed E-state index contributed by atoms with van der Waals surface area (Å²) in [6.07, 6.45) is 3.49. The van der Waals surface area contributed by atoms with E-state index in [0.29, 0.717) is 19.0 Å². The molecule has 0 saturated carbocycles. The van der Waals surface area contributed by atoms with Crippen molar-refractivity contribution in [2.24, 2.45) is 5.10 Å². The van der Waals surface area contributed by atoms with Crippen molar-refractivity contribution in [2.75, 3.05) is 20.3 Å². The maximum Gasteiger partial charge on any atom is 0.427 e. The van der Waals surface area contributed by atoms with Gasteiger partial charge < -0.3 is 14.2 Å². The summed E-state index contributed by atoms with van der Waals surface area (Å²) in [6.45, 7) is 4.59. The van der Waals surface area contributed by atoms with E-state index in [4.69, 9.17) is 9.47 Å². The fourth-order valence-corrected chi connectivity index (χ4v) is 2.17. The summed E-state index contributed by atoms with van der Waals surface area (Å²) in [7, 11) is 1.27. The van der Waals surface area contributed by atoms with Crippen LogP contribution in [0.1, 0.15) is 11.1 Å². The Kier molecular flexibility index (Phi) is 7.74. The van der Waals surface area contributed by atoms with Gasteiger partial charge in [0.2, 0.25) is 0 Å². The smallest absolute Gasteiger partial charge is 0.427 e. The van der Waals surface area contributed by atoms with Crippen molar-refractivity contribution in [3.63, 3.8) is 0 Å². The quantitative estimate of drug-likeness (QED) is 0.323. The number of rotatable bonds is 9. The van der Waals surface area contributed by atoms with Crippen LogP contribution in [-0.4, -0.2) is 32.6 Å². The number of carbonyl (C=O) groups is 1. The molecule has 2 aromatic rings. The highest BCUT2D eigenvalue weighted by molar-refractivity contribution is 5.81.